The highest BCUT2D eigenvalue weighted by Gasteiger charge is 2.07. The monoisotopic (exact) mass is 382 g/mol. The molecule has 0 bridgehead atoms. The van der Waals surface area contributed by atoms with Crippen molar-refractivity contribution in [1.29, 1.82) is 0 Å². The smallest absolute Gasteiger partial charge is 0.271 e. The van der Waals surface area contributed by atoms with Crippen molar-refractivity contribution in [2.75, 3.05) is 7.11 Å². The molecule has 2 aromatic rings. The summed E-state index contributed by atoms with van der Waals surface area (Å²) in [6, 6.07) is 9.53. The Morgan fingerprint density at radius 2 is 2.05 bits per heavy atom. The molecule has 0 spiro atoms. The van der Waals surface area contributed by atoms with Crippen LogP contribution in [0.5, 0.6) is 11.5 Å². The third kappa shape index (κ3) is 3.99. The van der Waals surface area contributed by atoms with Crippen LogP contribution < -0.4 is 10.2 Å². The molecular weight excluding hydrogens is 372 g/mol. The largest absolute Gasteiger partial charge is 0.504 e. The second kappa shape index (κ2) is 7.29. The second-order valence-electron chi connectivity index (χ2n) is 4.25. The summed E-state index contributed by atoms with van der Waals surface area (Å²) in [7, 11) is 1.46. The van der Waals surface area contributed by atoms with E-state index in [0.717, 1.165) is 0 Å². The van der Waals surface area contributed by atoms with Gasteiger partial charge in [0.2, 0.25) is 0 Å². The maximum atomic E-state index is 11.8. The first kappa shape index (κ1) is 16.3. The fraction of sp³-hybridized carbons (Fsp3) is 0.0667. The van der Waals surface area contributed by atoms with Crippen LogP contribution >= 0.6 is 27.5 Å². The fourth-order valence-corrected chi connectivity index (χ4v) is 2.20. The lowest BCUT2D eigenvalue weighted by Gasteiger charge is -2.06. The van der Waals surface area contributed by atoms with E-state index in [4.69, 9.17) is 16.3 Å². The summed E-state index contributed by atoms with van der Waals surface area (Å²) >= 11 is 9.09. The lowest BCUT2D eigenvalue weighted by Crippen LogP contribution is -2.17. The summed E-state index contributed by atoms with van der Waals surface area (Å²) in [6.07, 6.45) is 1.41. The first-order valence-electron chi connectivity index (χ1n) is 6.16. The van der Waals surface area contributed by atoms with E-state index in [9.17, 15) is 9.90 Å². The Balaban J connectivity index is 2.08. The average Bonchev–Trinajstić information content (AvgIpc) is 2.50. The Kier molecular flexibility index (Phi) is 5.41. The third-order valence-electron chi connectivity index (χ3n) is 2.77. The van der Waals surface area contributed by atoms with Crippen molar-refractivity contribution in [3.8, 4) is 11.5 Å². The Morgan fingerprint density at radius 1 is 1.36 bits per heavy atom. The highest BCUT2D eigenvalue weighted by atomic mass is 79.9. The maximum absolute atomic E-state index is 11.8. The second-order valence-corrected chi connectivity index (χ2v) is 5.54. The highest BCUT2D eigenvalue weighted by molar-refractivity contribution is 9.10. The molecule has 0 fully saturated rings. The minimum absolute atomic E-state index is 0.0174. The number of methoxy groups -OCH3 is 1. The molecule has 0 unspecified atom stereocenters. The van der Waals surface area contributed by atoms with Crippen LogP contribution in [0.25, 0.3) is 0 Å². The number of phenols is 1. The molecule has 5 nitrogen and oxygen atoms in total. The summed E-state index contributed by atoms with van der Waals surface area (Å²) in [5.41, 5.74) is 3.43. The lowest BCUT2D eigenvalue weighted by atomic mass is 10.2. The molecule has 0 radical (unpaired) electrons. The van der Waals surface area contributed by atoms with Gasteiger partial charge in [-0.1, -0.05) is 11.6 Å². The molecular formula is C15H12BrClN2O3. The number of nitrogens with zero attached hydrogens (tertiary/aromatic N) is 1. The van der Waals surface area contributed by atoms with Crippen molar-refractivity contribution in [3.05, 3.63) is 57.0 Å². The van der Waals surface area contributed by atoms with E-state index in [1.807, 2.05) is 0 Å². The summed E-state index contributed by atoms with van der Waals surface area (Å²) in [5, 5.41) is 14.1. The van der Waals surface area contributed by atoms with Crippen molar-refractivity contribution in [2.24, 2.45) is 5.10 Å². The van der Waals surface area contributed by atoms with E-state index in [0.29, 0.717) is 26.4 Å². The third-order valence-corrected chi connectivity index (χ3v) is 3.71. The zero-order chi connectivity index (χ0) is 16.1. The fourth-order valence-electron chi connectivity index (χ4n) is 1.65. The number of hydrogen-bond donors (Lipinski definition) is 2. The number of benzene rings is 2. The number of nitrogens with one attached hydrogen (secondary N) is 1. The molecule has 0 aliphatic heterocycles. The van der Waals surface area contributed by atoms with Gasteiger partial charge >= 0.3 is 0 Å². The molecule has 2 aromatic carbocycles. The number of carbonyl (C=O) groups is 1. The van der Waals surface area contributed by atoms with Crippen molar-refractivity contribution in [3.63, 3.8) is 0 Å². The standard InChI is InChI=1S/C15H12BrClN2O3/c1-22-14-7-12(16)10(6-13(14)20)8-18-19-15(21)9-2-4-11(17)5-3-9/h2-8,20H,1H3,(H,19,21)/b18-8-. The van der Waals surface area contributed by atoms with E-state index in [-0.39, 0.29) is 11.7 Å². The van der Waals surface area contributed by atoms with E-state index >= 15 is 0 Å². The quantitative estimate of drug-likeness (QED) is 0.626. The van der Waals surface area contributed by atoms with Crippen LogP contribution in [0.4, 0.5) is 0 Å². The zero-order valence-electron chi connectivity index (χ0n) is 11.5. The molecule has 0 aromatic heterocycles. The number of hydrogen-bond acceptors (Lipinski definition) is 4. The molecule has 0 saturated carbocycles. The Hall–Kier alpha value is -2.05. The molecule has 0 aliphatic rings. The number of rotatable bonds is 4. The molecule has 2 N–H and O–H groups in total. The number of hydrazone groups is 1. The van der Waals surface area contributed by atoms with Crippen LogP contribution in [0, 0.1) is 0 Å². The first-order valence-corrected chi connectivity index (χ1v) is 7.34. The number of carbonyl (C=O) groups excluding carboxylic acids is 1. The van der Waals surface area contributed by atoms with Crippen LogP contribution in [-0.2, 0) is 0 Å². The minimum atomic E-state index is -0.359. The van der Waals surface area contributed by atoms with Gasteiger partial charge in [0.05, 0.1) is 13.3 Å². The van der Waals surface area contributed by atoms with Gasteiger partial charge in [-0.25, -0.2) is 5.43 Å². The van der Waals surface area contributed by atoms with Gasteiger partial charge in [-0.3, -0.25) is 4.79 Å². The normalized spacial score (nSPS) is 10.7. The number of phenolic OH excluding ortho intramolecular Hbond substituents is 1. The highest BCUT2D eigenvalue weighted by Crippen LogP contribution is 2.31. The van der Waals surface area contributed by atoms with Crippen LogP contribution in [0.15, 0.2) is 46.0 Å². The van der Waals surface area contributed by atoms with Gasteiger partial charge in [-0.05, 0) is 52.3 Å². The maximum Gasteiger partial charge on any atom is 0.271 e. The minimum Gasteiger partial charge on any atom is -0.504 e. The van der Waals surface area contributed by atoms with Gasteiger partial charge in [0.1, 0.15) is 0 Å². The molecule has 0 heterocycles. The molecule has 7 heteroatoms. The molecule has 0 aliphatic carbocycles. The molecule has 0 saturated heterocycles. The predicted molar refractivity (Wildman–Crippen MR) is 88.9 cm³/mol. The SMILES string of the molecule is COc1cc(Br)c(/C=N\NC(=O)c2ccc(Cl)cc2)cc1O. The number of ether oxygens (including phenoxy) is 1. The molecule has 114 valence electrons. The summed E-state index contributed by atoms with van der Waals surface area (Å²) < 4.78 is 5.66. The number of halogens is 2. The Labute approximate surface area is 140 Å². The van der Waals surface area contributed by atoms with Gasteiger partial charge in [0.15, 0.2) is 11.5 Å². The average molecular weight is 384 g/mol. The van der Waals surface area contributed by atoms with Gasteiger partial charge in [0.25, 0.3) is 5.91 Å². The van der Waals surface area contributed by atoms with Gasteiger partial charge in [-0.15, -0.1) is 0 Å². The van der Waals surface area contributed by atoms with Crippen LogP contribution in [-0.4, -0.2) is 24.3 Å². The van der Waals surface area contributed by atoms with Crippen molar-refractivity contribution in [2.45, 2.75) is 0 Å². The van der Waals surface area contributed by atoms with Crippen LogP contribution in [0.3, 0.4) is 0 Å². The Bertz CT molecular complexity index is 717. The van der Waals surface area contributed by atoms with Gasteiger partial charge in [-0.2, -0.15) is 5.10 Å². The predicted octanol–water partition coefficient (Wildman–Crippen LogP) is 3.58. The summed E-state index contributed by atoms with van der Waals surface area (Å²) in [5.74, 6) is -0.0350. The topological polar surface area (TPSA) is 70.9 Å². The first-order chi connectivity index (χ1) is 10.5. The van der Waals surface area contributed by atoms with E-state index in [1.165, 1.54) is 19.4 Å². The molecule has 0 atom stereocenters. The molecule has 2 rings (SSSR count). The van der Waals surface area contributed by atoms with Crippen molar-refractivity contribution in [1.82, 2.24) is 5.43 Å². The number of aromatic hydroxyl groups is 1. The molecule has 1 amide bonds. The van der Waals surface area contributed by atoms with E-state index < -0.39 is 0 Å². The van der Waals surface area contributed by atoms with Crippen LogP contribution in [0.1, 0.15) is 15.9 Å². The van der Waals surface area contributed by atoms with E-state index in [1.54, 1.807) is 30.3 Å². The van der Waals surface area contributed by atoms with Crippen LogP contribution in [0.2, 0.25) is 5.02 Å². The zero-order valence-corrected chi connectivity index (χ0v) is 13.9. The number of amides is 1. The van der Waals surface area contributed by atoms with Crippen molar-refractivity contribution < 1.29 is 14.6 Å². The van der Waals surface area contributed by atoms with Gasteiger partial charge in [0, 0.05) is 20.6 Å². The lowest BCUT2D eigenvalue weighted by molar-refractivity contribution is 0.0955. The summed E-state index contributed by atoms with van der Waals surface area (Å²) in [4.78, 5) is 11.8. The summed E-state index contributed by atoms with van der Waals surface area (Å²) in [6.45, 7) is 0. The Morgan fingerprint density at radius 3 is 2.68 bits per heavy atom. The molecule has 22 heavy (non-hydrogen) atoms. The van der Waals surface area contributed by atoms with E-state index in [2.05, 4.69) is 26.5 Å². The van der Waals surface area contributed by atoms with Gasteiger partial charge < -0.3 is 9.84 Å². The van der Waals surface area contributed by atoms with Crippen molar-refractivity contribution >= 4 is 39.7 Å².